The topological polar surface area (TPSA) is 86.7 Å². The van der Waals surface area contributed by atoms with E-state index in [-0.39, 0.29) is 12.8 Å². The Kier molecular flexibility index (Phi) is 6.08. The Balaban J connectivity index is 1.84. The molecule has 166 valence electrons. The van der Waals surface area contributed by atoms with Crippen LogP contribution in [0.4, 0.5) is 0 Å². The van der Waals surface area contributed by atoms with Crippen LogP contribution in [0.1, 0.15) is 30.0 Å². The zero-order chi connectivity index (χ0) is 22.0. The van der Waals surface area contributed by atoms with Crippen LogP contribution in [0.5, 0.6) is 28.7 Å². The van der Waals surface area contributed by atoms with Gasteiger partial charge in [0.1, 0.15) is 5.75 Å². The quantitative estimate of drug-likeness (QED) is 0.717. The van der Waals surface area contributed by atoms with Gasteiger partial charge in [0.2, 0.25) is 6.79 Å². The SMILES string of the molecule is COc1cc(OC)c(C(c2ccc3c(c2)OCO3)N2CCCC(C(=O)O)C2)cc1OC. The van der Waals surface area contributed by atoms with Crippen molar-refractivity contribution in [2.24, 2.45) is 5.92 Å². The number of piperidine rings is 1. The molecule has 0 bridgehead atoms. The van der Waals surface area contributed by atoms with Gasteiger partial charge in [-0.3, -0.25) is 9.69 Å². The fraction of sp³-hybridized carbons (Fsp3) is 0.435. The molecule has 2 unspecified atom stereocenters. The van der Waals surface area contributed by atoms with E-state index in [0.717, 1.165) is 24.1 Å². The maximum absolute atomic E-state index is 11.7. The van der Waals surface area contributed by atoms with Crippen molar-refractivity contribution < 1.29 is 33.6 Å². The van der Waals surface area contributed by atoms with Crippen LogP contribution in [0.3, 0.4) is 0 Å². The van der Waals surface area contributed by atoms with Gasteiger partial charge < -0.3 is 28.8 Å². The van der Waals surface area contributed by atoms with Gasteiger partial charge in [0.25, 0.3) is 0 Å². The standard InChI is InChI=1S/C23H27NO7/c1-27-18-11-20(29-3)19(28-2)10-16(18)22(24-8-4-5-15(12-24)23(25)26)14-6-7-17-21(9-14)31-13-30-17/h6-7,9-11,15,22H,4-5,8,12-13H2,1-3H3,(H,25,26). The summed E-state index contributed by atoms with van der Waals surface area (Å²) >= 11 is 0. The minimum Gasteiger partial charge on any atom is -0.496 e. The van der Waals surface area contributed by atoms with Gasteiger partial charge in [-0.05, 0) is 43.1 Å². The summed E-state index contributed by atoms with van der Waals surface area (Å²) in [6.07, 6.45) is 1.47. The zero-order valence-corrected chi connectivity index (χ0v) is 17.9. The summed E-state index contributed by atoms with van der Waals surface area (Å²) in [4.78, 5) is 13.9. The normalized spacial score (nSPS) is 19.0. The number of benzene rings is 2. The van der Waals surface area contributed by atoms with Gasteiger partial charge in [0.05, 0.1) is 33.3 Å². The molecule has 0 spiro atoms. The number of likely N-dealkylation sites (tertiary alicyclic amines) is 1. The Hall–Kier alpha value is -3.13. The number of hydrogen-bond acceptors (Lipinski definition) is 7. The minimum absolute atomic E-state index is 0.188. The van der Waals surface area contributed by atoms with Crippen molar-refractivity contribution in [1.82, 2.24) is 4.90 Å². The van der Waals surface area contributed by atoms with Gasteiger partial charge >= 0.3 is 5.97 Å². The molecule has 1 N–H and O–H groups in total. The van der Waals surface area contributed by atoms with E-state index in [4.69, 9.17) is 23.7 Å². The predicted octanol–water partition coefficient (Wildman–Crippen LogP) is 3.33. The summed E-state index contributed by atoms with van der Waals surface area (Å²) < 4.78 is 27.8. The average Bonchev–Trinajstić information content (AvgIpc) is 3.27. The highest BCUT2D eigenvalue weighted by Crippen LogP contribution is 2.44. The number of aliphatic carboxylic acids is 1. The van der Waals surface area contributed by atoms with E-state index in [0.29, 0.717) is 41.7 Å². The lowest BCUT2D eigenvalue weighted by Gasteiger charge is -2.38. The van der Waals surface area contributed by atoms with Gasteiger partial charge in [0, 0.05) is 18.2 Å². The highest BCUT2D eigenvalue weighted by molar-refractivity contribution is 5.70. The van der Waals surface area contributed by atoms with Crippen molar-refractivity contribution in [3.8, 4) is 28.7 Å². The molecular weight excluding hydrogens is 402 g/mol. The minimum atomic E-state index is -0.770. The summed E-state index contributed by atoms with van der Waals surface area (Å²) in [5, 5.41) is 9.63. The molecule has 2 aromatic carbocycles. The van der Waals surface area contributed by atoms with E-state index < -0.39 is 11.9 Å². The molecule has 0 aliphatic carbocycles. The summed E-state index contributed by atoms with van der Waals surface area (Å²) in [6, 6.07) is 9.26. The molecule has 2 aliphatic rings. The molecule has 8 nitrogen and oxygen atoms in total. The van der Waals surface area contributed by atoms with Gasteiger partial charge in [-0.2, -0.15) is 0 Å². The molecule has 1 fully saturated rings. The van der Waals surface area contributed by atoms with E-state index in [1.807, 2.05) is 24.3 Å². The van der Waals surface area contributed by atoms with Crippen molar-refractivity contribution >= 4 is 5.97 Å². The highest BCUT2D eigenvalue weighted by Gasteiger charge is 2.34. The van der Waals surface area contributed by atoms with Crippen LogP contribution in [0.2, 0.25) is 0 Å². The number of carboxylic acids is 1. The molecule has 8 heteroatoms. The predicted molar refractivity (Wildman–Crippen MR) is 112 cm³/mol. The molecule has 0 amide bonds. The second-order valence-electron chi connectivity index (χ2n) is 7.64. The fourth-order valence-electron chi connectivity index (χ4n) is 4.38. The van der Waals surface area contributed by atoms with Crippen LogP contribution in [-0.4, -0.2) is 57.2 Å². The molecule has 2 atom stereocenters. The molecular formula is C23H27NO7. The van der Waals surface area contributed by atoms with Gasteiger partial charge in [-0.15, -0.1) is 0 Å². The zero-order valence-electron chi connectivity index (χ0n) is 17.9. The molecule has 4 rings (SSSR count). The summed E-state index contributed by atoms with van der Waals surface area (Å²) in [7, 11) is 4.77. The molecule has 2 aromatic rings. The monoisotopic (exact) mass is 429 g/mol. The molecule has 0 radical (unpaired) electrons. The summed E-state index contributed by atoms with van der Waals surface area (Å²) in [6.45, 7) is 1.39. The van der Waals surface area contributed by atoms with E-state index in [9.17, 15) is 9.90 Å². The van der Waals surface area contributed by atoms with Crippen molar-refractivity contribution in [1.29, 1.82) is 0 Å². The van der Waals surface area contributed by atoms with Crippen molar-refractivity contribution in [2.75, 3.05) is 41.2 Å². The van der Waals surface area contributed by atoms with Crippen molar-refractivity contribution in [3.05, 3.63) is 41.5 Å². The molecule has 2 heterocycles. The van der Waals surface area contributed by atoms with E-state index >= 15 is 0 Å². The first-order valence-electron chi connectivity index (χ1n) is 10.2. The molecule has 0 saturated carbocycles. The number of rotatable bonds is 7. The third-order valence-electron chi connectivity index (χ3n) is 5.91. The van der Waals surface area contributed by atoms with Crippen LogP contribution in [0, 0.1) is 5.92 Å². The van der Waals surface area contributed by atoms with Crippen LogP contribution < -0.4 is 23.7 Å². The molecule has 0 aromatic heterocycles. The number of methoxy groups -OCH3 is 3. The molecule has 1 saturated heterocycles. The largest absolute Gasteiger partial charge is 0.496 e. The van der Waals surface area contributed by atoms with Gasteiger partial charge in [-0.1, -0.05) is 6.07 Å². The van der Waals surface area contributed by atoms with E-state index in [1.54, 1.807) is 27.4 Å². The second kappa shape index (κ2) is 8.93. The van der Waals surface area contributed by atoms with Crippen LogP contribution >= 0.6 is 0 Å². The number of fused-ring (bicyclic) bond motifs is 1. The van der Waals surface area contributed by atoms with Crippen molar-refractivity contribution in [3.63, 3.8) is 0 Å². The lowest BCUT2D eigenvalue weighted by molar-refractivity contribution is -0.143. The molecule has 31 heavy (non-hydrogen) atoms. The number of carboxylic acid groups (broad SMARTS) is 1. The maximum Gasteiger partial charge on any atom is 0.307 e. The van der Waals surface area contributed by atoms with Crippen LogP contribution in [0.25, 0.3) is 0 Å². The number of carbonyl (C=O) groups is 1. The molecule has 2 aliphatic heterocycles. The first-order valence-corrected chi connectivity index (χ1v) is 10.2. The van der Waals surface area contributed by atoms with Crippen molar-refractivity contribution in [2.45, 2.75) is 18.9 Å². The third-order valence-corrected chi connectivity index (χ3v) is 5.91. The number of hydrogen-bond donors (Lipinski definition) is 1. The fourth-order valence-corrected chi connectivity index (χ4v) is 4.38. The lowest BCUT2D eigenvalue weighted by atomic mass is 9.90. The third kappa shape index (κ3) is 4.07. The van der Waals surface area contributed by atoms with Gasteiger partial charge in [-0.25, -0.2) is 0 Å². The smallest absolute Gasteiger partial charge is 0.307 e. The van der Waals surface area contributed by atoms with Gasteiger partial charge in [0.15, 0.2) is 23.0 Å². The summed E-state index contributed by atoms with van der Waals surface area (Å²) in [5.74, 6) is 1.96. The maximum atomic E-state index is 11.7. The lowest BCUT2D eigenvalue weighted by Crippen LogP contribution is -2.41. The first-order chi connectivity index (χ1) is 15.0. The van der Waals surface area contributed by atoms with Crippen LogP contribution in [-0.2, 0) is 4.79 Å². The van der Waals surface area contributed by atoms with E-state index in [2.05, 4.69) is 4.90 Å². The Morgan fingerprint density at radius 1 is 1.03 bits per heavy atom. The number of nitrogens with zero attached hydrogens (tertiary/aromatic N) is 1. The summed E-state index contributed by atoms with van der Waals surface area (Å²) in [5.41, 5.74) is 1.82. The Labute approximate surface area is 181 Å². The second-order valence-corrected chi connectivity index (χ2v) is 7.64. The Bertz CT molecular complexity index is 961. The first kappa shape index (κ1) is 21.1. The number of ether oxygens (including phenoxy) is 5. The van der Waals surface area contributed by atoms with Crippen LogP contribution in [0.15, 0.2) is 30.3 Å². The Morgan fingerprint density at radius 3 is 2.45 bits per heavy atom. The Morgan fingerprint density at radius 2 is 1.74 bits per heavy atom. The highest BCUT2D eigenvalue weighted by atomic mass is 16.7. The van der Waals surface area contributed by atoms with E-state index in [1.165, 1.54) is 0 Å². The average molecular weight is 429 g/mol.